The molecule has 1 saturated carbocycles. The lowest BCUT2D eigenvalue weighted by Gasteiger charge is -2.25. The molecule has 0 aliphatic heterocycles. The molecule has 0 bridgehead atoms. The van der Waals surface area contributed by atoms with Crippen molar-refractivity contribution in [1.29, 1.82) is 0 Å². The summed E-state index contributed by atoms with van der Waals surface area (Å²) >= 11 is 0. The van der Waals surface area contributed by atoms with Crippen LogP contribution in [0.5, 0.6) is 0 Å². The highest BCUT2D eigenvalue weighted by atomic mass is 16.6. The lowest BCUT2D eigenvalue weighted by atomic mass is 9.96. The Bertz CT molecular complexity index is 1200. The number of ether oxygens (including phenoxy) is 1. The van der Waals surface area contributed by atoms with Gasteiger partial charge in [0, 0.05) is 17.6 Å². The number of carbonyl (C=O) groups is 1. The number of alkyl carbamates (subject to hydrolysis) is 1. The molecular weight excluding hydrogens is 420 g/mol. The molecule has 4 aromatic rings. The van der Waals surface area contributed by atoms with Gasteiger partial charge in [-0.3, -0.25) is 5.10 Å². The lowest BCUT2D eigenvalue weighted by molar-refractivity contribution is 0.0493. The predicted molar refractivity (Wildman–Crippen MR) is 127 cm³/mol. The molecule has 0 radical (unpaired) electrons. The van der Waals surface area contributed by atoms with E-state index in [9.17, 15) is 4.79 Å². The number of aromatic amines is 2. The SMILES string of the molecule is CC(C)(C)OC(=O)NC1CCCCC1.Nc1ncnc2n[nH]c(-c3cc4cccnc4[nH]3)c12. The van der Waals surface area contributed by atoms with Gasteiger partial charge in [0.1, 0.15) is 23.4 Å². The maximum atomic E-state index is 11.4. The van der Waals surface area contributed by atoms with Crippen LogP contribution in [0.25, 0.3) is 33.5 Å². The molecule has 5 rings (SSSR count). The van der Waals surface area contributed by atoms with Gasteiger partial charge >= 0.3 is 6.09 Å². The minimum Gasteiger partial charge on any atom is -0.444 e. The molecule has 4 aromatic heterocycles. The first-order valence-corrected chi connectivity index (χ1v) is 11.2. The number of rotatable bonds is 2. The van der Waals surface area contributed by atoms with Crippen LogP contribution in [0, 0.1) is 0 Å². The molecule has 1 aliphatic rings. The largest absolute Gasteiger partial charge is 0.444 e. The number of hydrogen-bond donors (Lipinski definition) is 4. The van der Waals surface area contributed by atoms with Crippen LogP contribution in [0.15, 0.2) is 30.7 Å². The summed E-state index contributed by atoms with van der Waals surface area (Å²) in [6.45, 7) is 5.65. The molecule has 174 valence electrons. The minimum absolute atomic E-state index is 0.274. The highest BCUT2D eigenvalue weighted by Crippen LogP contribution is 2.29. The average molecular weight is 451 g/mol. The van der Waals surface area contributed by atoms with Crippen molar-refractivity contribution in [3.63, 3.8) is 0 Å². The second-order valence-corrected chi connectivity index (χ2v) is 9.16. The van der Waals surface area contributed by atoms with Crippen molar-refractivity contribution in [2.45, 2.75) is 64.5 Å². The maximum Gasteiger partial charge on any atom is 0.407 e. The first-order chi connectivity index (χ1) is 15.8. The van der Waals surface area contributed by atoms with Crippen LogP contribution >= 0.6 is 0 Å². The molecule has 0 atom stereocenters. The Hall–Kier alpha value is -3.69. The Morgan fingerprint density at radius 1 is 1.18 bits per heavy atom. The zero-order chi connectivity index (χ0) is 23.4. The number of aromatic nitrogens is 6. The number of nitrogens with one attached hydrogen (secondary N) is 3. The second-order valence-electron chi connectivity index (χ2n) is 9.16. The monoisotopic (exact) mass is 450 g/mol. The number of H-pyrrole nitrogens is 2. The third kappa shape index (κ3) is 5.57. The zero-order valence-electron chi connectivity index (χ0n) is 19.2. The number of nitrogens with two attached hydrogens (primary N) is 1. The molecule has 1 fully saturated rings. The molecule has 0 aromatic carbocycles. The molecule has 0 saturated heterocycles. The fraction of sp³-hybridized carbons (Fsp3) is 0.435. The molecule has 10 nitrogen and oxygen atoms in total. The number of pyridine rings is 1. The second kappa shape index (κ2) is 9.43. The van der Waals surface area contributed by atoms with Gasteiger partial charge in [0.25, 0.3) is 0 Å². The fourth-order valence-electron chi connectivity index (χ4n) is 3.89. The Labute approximate surface area is 191 Å². The normalized spacial score (nSPS) is 14.6. The van der Waals surface area contributed by atoms with Crippen molar-refractivity contribution >= 4 is 34.0 Å². The Balaban J connectivity index is 0.000000166. The van der Waals surface area contributed by atoms with Crippen molar-refractivity contribution in [3.05, 3.63) is 30.7 Å². The van der Waals surface area contributed by atoms with Crippen LogP contribution in [0.4, 0.5) is 10.6 Å². The van der Waals surface area contributed by atoms with Crippen LogP contribution in [0.3, 0.4) is 0 Å². The van der Waals surface area contributed by atoms with E-state index in [2.05, 4.69) is 35.5 Å². The lowest BCUT2D eigenvalue weighted by Crippen LogP contribution is -2.39. The molecule has 0 unspecified atom stereocenters. The number of anilines is 1. The molecule has 0 spiro atoms. The number of nitrogens with zero attached hydrogens (tertiary/aromatic N) is 4. The van der Waals surface area contributed by atoms with E-state index in [0.717, 1.165) is 35.3 Å². The van der Waals surface area contributed by atoms with E-state index >= 15 is 0 Å². The van der Waals surface area contributed by atoms with Crippen LogP contribution < -0.4 is 11.1 Å². The summed E-state index contributed by atoms with van der Waals surface area (Å²) in [6.07, 6.45) is 8.80. The number of amides is 1. The zero-order valence-corrected chi connectivity index (χ0v) is 19.2. The fourth-order valence-corrected chi connectivity index (χ4v) is 3.89. The van der Waals surface area contributed by atoms with Gasteiger partial charge in [-0.1, -0.05) is 19.3 Å². The third-order valence-corrected chi connectivity index (χ3v) is 5.37. The van der Waals surface area contributed by atoms with Crippen LogP contribution in [-0.2, 0) is 4.74 Å². The standard InChI is InChI=1S/C12H9N7.C11H21NO2/c13-10-8-9(18-19-12(8)16-5-15-10)7-4-6-2-1-3-14-11(6)17-7;1-11(2,3)14-10(13)12-9-7-5-4-6-8-9/h1-5H,(H,14,17)(H3,13,15,16,18,19);9H,4-8H2,1-3H3,(H,12,13). The van der Waals surface area contributed by atoms with Crippen LogP contribution in [-0.4, -0.2) is 47.9 Å². The predicted octanol–water partition coefficient (Wildman–Crippen LogP) is 4.32. The average Bonchev–Trinajstić information content (AvgIpc) is 3.38. The topological polar surface area (TPSA) is 147 Å². The van der Waals surface area contributed by atoms with E-state index in [4.69, 9.17) is 10.5 Å². The summed E-state index contributed by atoms with van der Waals surface area (Å²) in [4.78, 5) is 27.0. The first kappa shape index (κ1) is 22.5. The quantitative estimate of drug-likeness (QED) is 0.355. The Morgan fingerprint density at radius 2 is 1.97 bits per heavy atom. The van der Waals surface area contributed by atoms with Crippen molar-refractivity contribution in [2.75, 3.05) is 5.73 Å². The van der Waals surface area contributed by atoms with Gasteiger partial charge in [0.05, 0.1) is 16.8 Å². The number of hydrogen-bond acceptors (Lipinski definition) is 7. The van der Waals surface area contributed by atoms with Crippen LogP contribution in [0.2, 0.25) is 0 Å². The van der Waals surface area contributed by atoms with E-state index in [0.29, 0.717) is 22.9 Å². The maximum absolute atomic E-state index is 11.4. The molecule has 4 heterocycles. The van der Waals surface area contributed by atoms with Gasteiger partial charge in [0.15, 0.2) is 5.65 Å². The highest BCUT2D eigenvalue weighted by Gasteiger charge is 2.20. The van der Waals surface area contributed by atoms with Gasteiger partial charge in [-0.25, -0.2) is 19.7 Å². The van der Waals surface area contributed by atoms with Gasteiger partial charge < -0.3 is 20.8 Å². The van der Waals surface area contributed by atoms with Gasteiger partial charge in [-0.2, -0.15) is 5.10 Å². The number of nitrogen functional groups attached to an aromatic ring is 1. The van der Waals surface area contributed by atoms with E-state index in [-0.39, 0.29) is 6.09 Å². The van der Waals surface area contributed by atoms with Crippen LogP contribution in [0.1, 0.15) is 52.9 Å². The highest BCUT2D eigenvalue weighted by molar-refractivity contribution is 5.98. The summed E-state index contributed by atoms with van der Waals surface area (Å²) in [6, 6.07) is 6.20. The molecule has 5 N–H and O–H groups in total. The van der Waals surface area contributed by atoms with Crippen molar-refractivity contribution < 1.29 is 9.53 Å². The van der Waals surface area contributed by atoms with E-state index in [1.165, 1.54) is 25.6 Å². The minimum atomic E-state index is -0.390. The number of fused-ring (bicyclic) bond motifs is 2. The Kier molecular flexibility index (Phi) is 6.43. The molecule has 10 heteroatoms. The first-order valence-electron chi connectivity index (χ1n) is 11.2. The Morgan fingerprint density at radius 3 is 2.70 bits per heavy atom. The summed E-state index contributed by atoms with van der Waals surface area (Å²) in [5, 5.41) is 11.7. The van der Waals surface area contributed by atoms with Crippen molar-refractivity contribution in [1.82, 2.24) is 35.5 Å². The summed E-state index contributed by atoms with van der Waals surface area (Å²) in [5.41, 5.74) is 8.50. The molecule has 1 aliphatic carbocycles. The van der Waals surface area contributed by atoms with Gasteiger partial charge in [-0.15, -0.1) is 0 Å². The molecule has 33 heavy (non-hydrogen) atoms. The van der Waals surface area contributed by atoms with E-state index in [1.807, 2.05) is 39.0 Å². The third-order valence-electron chi connectivity index (χ3n) is 5.37. The van der Waals surface area contributed by atoms with E-state index < -0.39 is 5.60 Å². The summed E-state index contributed by atoms with van der Waals surface area (Å²) in [7, 11) is 0. The van der Waals surface area contributed by atoms with Crippen molar-refractivity contribution in [3.8, 4) is 11.4 Å². The smallest absolute Gasteiger partial charge is 0.407 e. The van der Waals surface area contributed by atoms with Crippen molar-refractivity contribution in [2.24, 2.45) is 0 Å². The molecular formula is C23H30N8O2. The summed E-state index contributed by atoms with van der Waals surface area (Å²) < 4.78 is 5.19. The van der Waals surface area contributed by atoms with E-state index in [1.54, 1.807) is 6.20 Å². The molecule has 1 amide bonds. The van der Waals surface area contributed by atoms with Gasteiger partial charge in [0.2, 0.25) is 0 Å². The van der Waals surface area contributed by atoms with Gasteiger partial charge in [-0.05, 0) is 51.8 Å². The summed E-state index contributed by atoms with van der Waals surface area (Å²) in [5.74, 6) is 0.403. The number of carbonyl (C=O) groups excluding carboxylic acids is 1.